The molecule has 0 saturated carbocycles. The lowest BCUT2D eigenvalue weighted by molar-refractivity contribution is 0.102. The van der Waals surface area contributed by atoms with Gasteiger partial charge in [-0.1, -0.05) is 13.0 Å². The molecule has 1 aromatic heterocycles. The second-order valence-electron chi connectivity index (χ2n) is 4.80. The summed E-state index contributed by atoms with van der Waals surface area (Å²) in [4.78, 5) is 12.3. The summed E-state index contributed by atoms with van der Waals surface area (Å²) in [6, 6.07) is 7.06. The Labute approximate surface area is 123 Å². The van der Waals surface area contributed by atoms with Gasteiger partial charge in [-0.25, -0.2) is 0 Å². The molecule has 1 aromatic carbocycles. The predicted molar refractivity (Wildman–Crippen MR) is 82.5 cm³/mol. The molecule has 0 unspecified atom stereocenters. The van der Waals surface area contributed by atoms with Gasteiger partial charge in [-0.15, -0.1) is 0 Å². The van der Waals surface area contributed by atoms with E-state index in [1.807, 2.05) is 13.0 Å². The molecule has 6 nitrogen and oxygen atoms in total. The Morgan fingerprint density at radius 3 is 2.86 bits per heavy atom. The average molecular weight is 288 g/mol. The van der Waals surface area contributed by atoms with E-state index in [9.17, 15) is 4.79 Å². The number of hydrogen-bond acceptors (Lipinski definition) is 4. The van der Waals surface area contributed by atoms with E-state index in [0.717, 1.165) is 6.42 Å². The molecular formula is C15H20N4O2. The van der Waals surface area contributed by atoms with E-state index in [4.69, 9.17) is 10.5 Å². The van der Waals surface area contributed by atoms with Gasteiger partial charge in [0.25, 0.3) is 5.91 Å². The minimum Gasteiger partial charge on any atom is -0.494 e. The van der Waals surface area contributed by atoms with Crippen molar-refractivity contribution in [3.63, 3.8) is 0 Å². The molecule has 2 aromatic rings. The van der Waals surface area contributed by atoms with Crippen LogP contribution < -0.4 is 15.8 Å². The summed E-state index contributed by atoms with van der Waals surface area (Å²) in [5, 5.41) is 6.95. The van der Waals surface area contributed by atoms with E-state index in [0.29, 0.717) is 35.1 Å². The van der Waals surface area contributed by atoms with Crippen LogP contribution in [0.25, 0.3) is 0 Å². The topological polar surface area (TPSA) is 82.2 Å². The third-order valence-electron chi connectivity index (χ3n) is 3.07. The number of carbonyl (C=O) groups is 1. The highest BCUT2D eigenvalue weighted by Gasteiger charge is 2.14. The number of nitrogens with zero attached hydrogens (tertiary/aromatic N) is 2. The second kappa shape index (κ2) is 6.30. The standard InChI is InChI=1S/C15H20N4O2/c1-4-8-21-12-7-5-6-11(9-12)15(20)17-14-13(16)10(2)18-19(14)3/h5-7,9H,4,8,16H2,1-3H3,(H,17,20). The number of carbonyl (C=O) groups excluding carboxylic acids is 1. The van der Waals surface area contributed by atoms with Gasteiger partial charge in [0.1, 0.15) is 5.75 Å². The van der Waals surface area contributed by atoms with E-state index < -0.39 is 0 Å². The number of hydrogen-bond donors (Lipinski definition) is 2. The largest absolute Gasteiger partial charge is 0.494 e. The first-order chi connectivity index (χ1) is 10.0. The lowest BCUT2D eigenvalue weighted by atomic mass is 10.2. The van der Waals surface area contributed by atoms with Crippen molar-refractivity contribution in [2.24, 2.45) is 7.05 Å². The summed E-state index contributed by atoms with van der Waals surface area (Å²) in [5.74, 6) is 0.933. The number of amides is 1. The zero-order valence-corrected chi connectivity index (χ0v) is 12.5. The Balaban J connectivity index is 2.16. The Hall–Kier alpha value is -2.50. The number of anilines is 2. The molecule has 3 N–H and O–H groups in total. The second-order valence-corrected chi connectivity index (χ2v) is 4.80. The number of aryl methyl sites for hydroxylation is 2. The molecule has 0 radical (unpaired) electrons. The molecule has 0 aliphatic heterocycles. The average Bonchev–Trinajstić information content (AvgIpc) is 2.72. The normalized spacial score (nSPS) is 10.4. The smallest absolute Gasteiger partial charge is 0.257 e. The van der Waals surface area contributed by atoms with E-state index in [1.165, 1.54) is 0 Å². The van der Waals surface area contributed by atoms with Crippen LogP contribution in [0.15, 0.2) is 24.3 Å². The number of nitrogens with two attached hydrogens (primary N) is 1. The Morgan fingerprint density at radius 1 is 1.48 bits per heavy atom. The van der Waals surface area contributed by atoms with Gasteiger partial charge in [0, 0.05) is 12.6 Å². The van der Waals surface area contributed by atoms with Crippen molar-refractivity contribution in [1.29, 1.82) is 0 Å². The van der Waals surface area contributed by atoms with Crippen molar-refractivity contribution >= 4 is 17.4 Å². The van der Waals surface area contributed by atoms with Crippen molar-refractivity contribution in [1.82, 2.24) is 9.78 Å². The number of ether oxygens (including phenoxy) is 1. The highest BCUT2D eigenvalue weighted by atomic mass is 16.5. The molecule has 0 spiro atoms. The van der Waals surface area contributed by atoms with Gasteiger partial charge in [-0.2, -0.15) is 5.10 Å². The van der Waals surface area contributed by atoms with E-state index in [2.05, 4.69) is 10.4 Å². The highest BCUT2D eigenvalue weighted by Crippen LogP contribution is 2.22. The summed E-state index contributed by atoms with van der Waals surface area (Å²) in [6.07, 6.45) is 0.918. The van der Waals surface area contributed by atoms with Crippen LogP contribution in [0, 0.1) is 6.92 Å². The van der Waals surface area contributed by atoms with Gasteiger partial charge in [-0.3, -0.25) is 9.48 Å². The number of benzene rings is 1. The molecule has 0 fully saturated rings. The summed E-state index contributed by atoms with van der Waals surface area (Å²) < 4.78 is 7.08. The first-order valence-corrected chi connectivity index (χ1v) is 6.86. The van der Waals surface area contributed by atoms with Crippen LogP contribution >= 0.6 is 0 Å². The summed E-state index contributed by atoms with van der Waals surface area (Å²) in [6.45, 7) is 4.45. The summed E-state index contributed by atoms with van der Waals surface area (Å²) in [7, 11) is 1.74. The molecule has 0 aliphatic carbocycles. The molecule has 1 heterocycles. The van der Waals surface area contributed by atoms with Gasteiger partial charge in [0.15, 0.2) is 5.82 Å². The first kappa shape index (κ1) is 14.9. The minimum atomic E-state index is -0.244. The molecule has 2 rings (SSSR count). The third kappa shape index (κ3) is 3.34. The fourth-order valence-corrected chi connectivity index (χ4v) is 1.95. The molecule has 0 atom stereocenters. The van der Waals surface area contributed by atoms with Gasteiger partial charge in [-0.05, 0) is 31.5 Å². The fourth-order valence-electron chi connectivity index (χ4n) is 1.95. The van der Waals surface area contributed by atoms with Crippen molar-refractivity contribution < 1.29 is 9.53 Å². The monoisotopic (exact) mass is 288 g/mol. The van der Waals surface area contributed by atoms with Crippen LogP contribution in [0.5, 0.6) is 5.75 Å². The van der Waals surface area contributed by atoms with E-state index in [-0.39, 0.29) is 5.91 Å². The number of nitrogen functional groups attached to an aromatic ring is 1. The van der Waals surface area contributed by atoms with E-state index >= 15 is 0 Å². The maximum Gasteiger partial charge on any atom is 0.257 e. The van der Waals surface area contributed by atoms with Crippen LogP contribution in [-0.4, -0.2) is 22.3 Å². The summed E-state index contributed by atoms with van der Waals surface area (Å²) >= 11 is 0. The molecule has 112 valence electrons. The molecule has 0 bridgehead atoms. The number of nitrogens with one attached hydrogen (secondary N) is 1. The zero-order chi connectivity index (χ0) is 15.4. The number of aromatic nitrogens is 2. The quantitative estimate of drug-likeness (QED) is 0.884. The van der Waals surface area contributed by atoms with Gasteiger partial charge >= 0.3 is 0 Å². The van der Waals surface area contributed by atoms with E-state index in [1.54, 1.807) is 36.9 Å². The Morgan fingerprint density at radius 2 is 2.24 bits per heavy atom. The zero-order valence-electron chi connectivity index (χ0n) is 12.5. The third-order valence-corrected chi connectivity index (χ3v) is 3.07. The predicted octanol–water partition coefficient (Wildman–Crippen LogP) is 2.35. The maximum atomic E-state index is 12.3. The molecule has 0 aliphatic rings. The molecule has 6 heteroatoms. The molecule has 21 heavy (non-hydrogen) atoms. The molecular weight excluding hydrogens is 268 g/mol. The van der Waals surface area contributed by atoms with Gasteiger partial charge < -0.3 is 15.8 Å². The van der Waals surface area contributed by atoms with Crippen molar-refractivity contribution in [2.75, 3.05) is 17.7 Å². The van der Waals surface area contributed by atoms with Crippen LogP contribution in [0.2, 0.25) is 0 Å². The van der Waals surface area contributed by atoms with Crippen molar-refractivity contribution in [3.8, 4) is 5.75 Å². The van der Waals surface area contributed by atoms with Crippen LogP contribution in [-0.2, 0) is 7.05 Å². The summed E-state index contributed by atoms with van der Waals surface area (Å²) in [5.41, 5.74) is 7.58. The van der Waals surface area contributed by atoms with Crippen LogP contribution in [0.1, 0.15) is 29.4 Å². The minimum absolute atomic E-state index is 0.244. The van der Waals surface area contributed by atoms with Crippen LogP contribution in [0.3, 0.4) is 0 Å². The van der Waals surface area contributed by atoms with Crippen molar-refractivity contribution in [3.05, 3.63) is 35.5 Å². The SMILES string of the molecule is CCCOc1cccc(C(=O)Nc2c(N)c(C)nn2C)c1. The lowest BCUT2D eigenvalue weighted by Crippen LogP contribution is -2.15. The Bertz CT molecular complexity index is 649. The fraction of sp³-hybridized carbons (Fsp3) is 0.333. The van der Waals surface area contributed by atoms with Crippen LogP contribution in [0.4, 0.5) is 11.5 Å². The first-order valence-electron chi connectivity index (χ1n) is 6.86. The van der Waals surface area contributed by atoms with Gasteiger partial charge in [0.05, 0.1) is 18.0 Å². The molecule has 1 amide bonds. The maximum absolute atomic E-state index is 12.3. The van der Waals surface area contributed by atoms with Crippen molar-refractivity contribution in [2.45, 2.75) is 20.3 Å². The lowest BCUT2D eigenvalue weighted by Gasteiger charge is -2.09. The highest BCUT2D eigenvalue weighted by molar-refractivity contribution is 6.05. The Kier molecular flexibility index (Phi) is 4.47. The molecule has 0 saturated heterocycles. The number of rotatable bonds is 5. The van der Waals surface area contributed by atoms with Gasteiger partial charge in [0.2, 0.25) is 0 Å².